The first kappa shape index (κ1) is 13.6. The van der Waals surface area contributed by atoms with Crippen LogP contribution in [-0.4, -0.2) is 41.2 Å². The fraction of sp³-hybridized carbons (Fsp3) is 0.333. The van der Waals surface area contributed by atoms with Crippen LogP contribution in [0, 0.1) is 11.8 Å². The zero-order valence-electron chi connectivity index (χ0n) is 9.56. The van der Waals surface area contributed by atoms with E-state index in [1.165, 1.54) is 0 Å². The molecule has 0 aliphatic rings. The quantitative estimate of drug-likeness (QED) is 0.604. The number of rotatable bonds is 4. The number of aliphatic hydroxyl groups excluding tert-OH is 1. The van der Waals surface area contributed by atoms with Crippen molar-refractivity contribution in [1.82, 2.24) is 10.3 Å². The van der Waals surface area contributed by atoms with Crippen molar-refractivity contribution < 1.29 is 9.90 Å². The molecule has 0 unspecified atom stereocenters. The first-order valence-electron chi connectivity index (χ1n) is 5.11. The number of pyridine rings is 1. The standard InChI is InChI=1S/C12H14N2O2S/c1-17-9-7-14-12(16)11-10(5-3-8-15)4-2-6-13-11/h2,4,6,15H,7-9H2,1H3,(H,14,16). The third-order valence-corrected chi connectivity index (χ3v) is 2.53. The molecule has 0 fully saturated rings. The monoisotopic (exact) mass is 250 g/mol. The normalized spacial score (nSPS) is 9.29. The van der Waals surface area contributed by atoms with Crippen LogP contribution in [0.4, 0.5) is 0 Å². The highest BCUT2D eigenvalue weighted by Gasteiger charge is 2.10. The average molecular weight is 250 g/mol. The minimum atomic E-state index is -0.234. The minimum absolute atomic E-state index is 0.234. The fourth-order valence-electron chi connectivity index (χ4n) is 1.17. The van der Waals surface area contributed by atoms with Crippen LogP contribution < -0.4 is 5.32 Å². The molecule has 0 radical (unpaired) electrons. The van der Waals surface area contributed by atoms with Crippen molar-refractivity contribution in [2.45, 2.75) is 0 Å². The van der Waals surface area contributed by atoms with E-state index in [-0.39, 0.29) is 12.5 Å². The summed E-state index contributed by atoms with van der Waals surface area (Å²) in [6.45, 7) is 0.367. The van der Waals surface area contributed by atoms with E-state index in [4.69, 9.17) is 5.11 Å². The smallest absolute Gasteiger partial charge is 0.271 e. The number of aromatic nitrogens is 1. The summed E-state index contributed by atoms with van der Waals surface area (Å²) in [5, 5.41) is 11.4. The molecule has 1 rings (SSSR count). The lowest BCUT2D eigenvalue weighted by Gasteiger charge is -2.04. The summed E-state index contributed by atoms with van der Waals surface area (Å²) in [4.78, 5) is 15.8. The molecule has 0 aliphatic carbocycles. The highest BCUT2D eigenvalue weighted by Crippen LogP contribution is 2.03. The second-order valence-corrected chi connectivity index (χ2v) is 4.09. The summed E-state index contributed by atoms with van der Waals surface area (Å²) in [5.41, 5.74) is 0.831. The second kappa shape index (κ2) is 7.71. The fourth-order valence-corrected chi connectivity index (χ4v) is 1.48. The Kier molecular flexibility index (Phi) is 6.15. The minimum Gasteiger partial charge on any atom is -0.384 e. The summed E-state index contributed by atoms with van der Waals surface area (Å²) < 4.78 is 0. The van der Waals surface area contributed by atoms with Gasteiger partial charge in [-0.3, -0.25) is 4.79 Å². The Bertz CT molecular complexity index is 438. The summed E-state index contributed by atoms with van der Waals surface area (Å²) in [5.74, 6) is 5.84. The van der Waals surface area contributed by atoms with Gasteiger partial charge in [0.05, 0.1) is 5.56 Å². The number of hydrogen-bond acceptors (Lipinski definition) is 4. The van der Waals surface area contributed by atoms with Crippen LogP contribution in [0.5, 0.6) is 0 Å². The van der Waals surface area contributed by atoms with Gasteiger partial charge in [0, 0.05) is 18.5 Å². The molecule has 0 aliphatic heterocycles. The van der Waals surface area contributed by atoms with E-state index in [1.807, 2.05) is 6.26 Å². The van der Waals surface area contributed by atoms with Crippen LogP contribution >= 0.6 is 11.8 Å². The molecule has 0 atom stereocenters. The Balaban J connectivity index is 2.78. The van der Waals surface area contributed by atoms with Crippen LogP contribution in [-0.2, 0) is 0 Å². The van der Waals surface area contributed by atoms with Crippen molar-refractivity contribution in [3.05, 3.63) is 29.6 Å². The van der Waals surface area contributed by atoms with Crippen LogP contribution in [0.15, 0.2) is 18.3 Å². The molecule has 1 heterocycles. The van der Waals surface area contributed by atoms with E-state index < -0.39 is 0 Å². The van der Waals surface area contributed by atoms with Gasteiger partial charge in [-0.05, 0) is 18.4 Å². The van der Waals surface area contributed by atoms with Gasteiger partial charge in [-0.2, -0.15) is 11.8 Å². The number of aliphatic hydroxyl groups is 1. The van der Waals surface area contributed by atoms with Gasteiger partial charge in [0.15, 0.2) is 0 Å². The van der Waals surface area contributed by atoms with Gasteiger partial charge in [-0.15, -0.1) is 0 Å². The average Bonchev–Trinajstić information content (AvgIpc) is 2.37. The Morgan fingerprint density at radius 2 is 2.47 bits per heavy atom. The predicted molar refractivity (Wildman–Crippen MR) is 68.9 cm³/mol. The Morgan fingerprint density at radius 1 is 1.65 bits per heavy atom. The van der Waals surface area contributed by atoms with Gasteiger partial charge >= 0.3 is 0 Å². The number of hydrogen-bond donors (Lipinski definition) is 2. The molecule has 17 heavy (non-hydrogen) atoms. The molecular formula is C12H14N2O2S. The van der Waals surface area contributed by atoms with Gasteiger partial charge in [-0.25, -0.2) is 4.98 Å². The Morgan fingerprint density at radius 3 is 3.18 bits per heavy atom. The van der Waals surface area contributed by atoms with Crippen LogP contribution in [0.3, 0.4) is 0 Å². The van der Waals surface area contributed by atoms with Gasteiger partial charge in [0.25, 0.3) is 5.91 Å². The molecule has 90 valence electrons. The number of amides is 1. The molecule has 2 N–H and O–H groups in total. The first-order chi connectivity index (χ1) is 8.29. The van der Waals surface area contributed by atoms with Crippen molar-refractivity contribution in [2.75, 3.05) is 25.2 Å². The first-order valence-corrected chi connectivity index (χ1v) is 6.51. The molecular weight excluding hydrogens is 236 g/mol. The molecule has 0 spiro atoms. The SMILES string of the molecule is CSCCNC(=O)c1ncccc1C#CCO. The van der Waals surface area contributed by atoms with Crippen LogP contribution in [0.25, 0.3) is 0 Å². The molecule has 1 aromatic rings. The van der Waals surface area contributed by atoms with E-state index in [9.17, 15) is 4.79 Å². The number of nitrogens with one attached hydrogen (secondary N) is 1. The lowest BCUT2D eigenvalue weighted by Crippen LogP contribution is -2.27. The third kappa shape index (κ3) is 4.47. The highest BCUT2D eigenvalue weighted by molar-refractivity contribution is 7.98. The maximum absolute atomic E-state index is 11.8. The largest absolute Gasteiger partial charge is 0.384 e. The van der Waals surface area contributed by atoms with Crippen molar-refractivity contribution in [3.8, 4) is 11.8 Å². The van der Waals surface area contributed by atoms with E-state index in [0.29, 0.717) is 17.8 Å². The van der Waals surface area contributed by atoms with Gasteiger partial charge < -0.3 is 10.4 Å². The van der Waals surface area contributed by atoms with Crippen LogP contribution in [0.2, 0.25) is 0 Å². The predicted octanol–water partition coefficient (Wildman–Crippen LogP) is 0.518. The molecule has 0 saturated heterocycles. The van der Waals surface area contributed by atoms with Crippen molar-refractivity contribution in [1.29, 1.82) is 0 Å². The van der Waals surface area contributed by atoms with E-state index in [1.54, 1.807) is 30.1 Å². The van der Waals surface area contributed by atoms with Gasteiger partial charge in [0.1, 0.15) is 12.3 Å². The maximum atomic E-state index is 11.8. The van der Waals surface area contributed by atoms with Crippen molar-refractivity contribution in [2.24, 2.45) is 0 Å². The number of carbonyl (C=O) groups excluding carboxylic acids is 1. The number of thioether (sulfide) groups is 1. The highest BCUT2D eigenvalue weighted by atomic mass is 32.2. The van der Waals surface area contributed by atoms with Crippen molar-refractivity contribution in [3.63, 3.8) is 0 Å². The maximum Gasteiger partial charge on any atom is 0.271 e. The van der Waals surface area contributed by atoms with Crippen LogP contribution in [0.1, 0.15) is 16.1 Å². The van der Waals surface area contributed by atoms with Crippen molar-refractivity contribution >= 4 is 17.7 Å². The molecule has 0 saturated carbocycles. The molecule has 0 aromatic carbocycles. The lowest BCUT2D eigenvalue weighted by molar-refractivity contribution is 0.0951. The van der Waals surface area contributed by atoms with E-state index in [2.05, 4.69) is 22.1 Å². The zero-order chi connectivity index (χ0) is 12.5. The Labute approximate surface area is 105 Å². The molecule has 1 amide bonds. The summed E-state index contributed by atoms with van der Waals surface area (Å²) in [7, 11) is 0. The van der Waals surface area contributed by atoms with Gasteiger partial charge in [0.2, 0.25) is 0 Å². The van der Waals surface area contributed by atoms with Gasteiger partial charge in [-0.1, -0.05) is 11.8 Å². The molecule has 1 aromatic heterocycles. The molecule has 4 nitrogen and oxygen atoms in total. The third-order valence-electron chi connectivity index (χ3n) is 1.92. The topological polar surface area (TPSA) is 62.2 Å². The summed E-state index contributed by atoms with van der Waals surface area (Å²) >= 11 is 1.66. The number of carbonyl (C=O) groups is 1. The summed E-state index contributed by atoms with van der Waals surface area (Å²) in [6.07, 6.45) is 3.53. The Hall–Kier alpha value is -1.51. The lowest BCUT2D eigenvalue weighted by atomic mass is 10.2. The number of nitrogens with zero attached hydrogens (tertiary/aromatic N) is 1. The molecule has 0 bridgehead atoms. The second-order valence-electron chi connectivity index (χ2n) is 3.11. The summed E-state index contributed by atoms with van der Waals surface area (Å²) in [6, 6.07) is 3.42. The zero-order valence-corrected chi connectivity index (χ0v) is 10.4. The van der Waals surface area contributed by atoms with E-state index >= 15 is 0 Å². The molecule has 5 heteroatoms. The van der Waals surface area contributed by atoms with E-state index in [0.717, 1.165) is 5.75 Å².